The van der Waals surface area contributed by atoms with Gasteiger partial charge >= 0.3 is 0 Å². The summed E-state index contributed by atoms with van der Waals surface area (Å²) in [6, 6.07) is 5.45. The molecule has 0 aliphatic rings. The minimum absolute atomic E-state index is 0.105. The number of carbonyl (C=O) groups is 1. The number of nitrogen functional groups attached to an aromatic ring is 1. The zero-order valence-electron chi connectivity index (χ0n) is 8.72. The minimum Gasteiger partial charge on any atom is -0.399 e. The molecule has 0 unspecified atom stereocenters. The average molecular weight is 232 g/mol. The number of anilines is 2. The highest BCUT2D eigenvalue weighted by molar-refractivity contribution is 6.03. The Labute approximate surface area is 96.5 Å². The molecule has 1 heterocycles. The van der Waals surface area contributed by atoms with Gasteiger partial charge in [0, 0.05) is 18.1 Å². The van der Waals surface area contributed by atoms with Gasteiger partial charge in [-0.15, -0.1) is 0 Å². The van der Waals surface area contributed by atoms with Crippen molar-refractivity contribution in [3.05, 3.63) is 48.0 Å². The number of aromatic nitrogens is 2. The summed E-state index contributed by atoms with van der Waals surface area (Å²) in [5, 5.41) is 2.38. The van der Waals surface area contributed by atoms with E-state index in [2.05, 4.69) is 15.3 Å². The molecule has 3 N–H and O–H groups in total. The van der Waals surface area contributed by atoms with Crippen LogP contribution in [0, 0.1) is 5.82 Å². The van der Waals surface area contributed by atoms with E-state index < -0.39 is 11.7 Å². The number of benzene rings is 1. The van der Waals surface area contributed by atoms with Crippen LogP contribution in [0.25, 0.3) is 0 Å². The Morgan fingerprint density at radius 2 is 2.00 bits per heavy atom. The van der Waals surface area contributed by atoms with Gasteiger partial charge in [-0.1, -0.05) is 0 Å². The summed E-state index contributed by atoms with van der Waals surface area (Å²) in [5.41, 5.74) is 5.54. The van der Waals surface area contributed by atoms with E-state index in [0.29, 0.717) is 0 Å². The van der Waals surface area contributed by atoms with Gasteiger partial charge in [-0.05, 0) is 24.3 Å². The first-order valence-corrected chi connectivity index (χ1v) is 4.80. The average Bonchev–Trinajstić information content (AvgIpc) is 2.30. The fraction of sp³-hybridized carbons (Fsp3) is 0. The summed E-state index contributed by atoms with van der Waals surface area (Å²) < 4.78 is 13.4. The highest BCUT2D eigenvalue weighted by Crippen LogP contribution is 2.12. The van der Waals surface area contributed by atoms with Crippen LogP contribution in [-0.2, 0) is 0 Å². The number of nitrogens with two attached hydrogens (primary N) is 1. The monoisotopic (exact) mass is 232 g/mol. The fourth-order valence-electron chi connectivity index (χ4n) is 1.25. The molecule has 0 atom stereocenters. The van der Waals surface area contributed by atoms with Crippen LogP contribution in [0.4, 0.5) is 16.0 Å². The predicted molar refractivity (Wildman–Crippen MR) is 60.8 cm³/mol. The Kier molecular flexibility index (Phi) is 2.95. The van der Waals surface area contributed by atoms with Crippen LogP contribution in [0.3, 0.4) is 0 Å². The van der Waals surface area contributed by atoms with Gasteiger partial charge in [0.25, 0.3) is 5.91 Å². The first-order valence-electron chi connectivity index (χ1n) is 4.80. The first-order chi connectivity index (χ1) is 8.16. The van der Waals surface area contributed by atoms with Gasteiger partial charge in [-0.25, -0.2) is 14.4 Å². The van der Waals surface area contributed by atoms with Crippen molar-refractivity contribution in [3.63, 3.8) is 0 Å². The van der Waals surface area contributed by atoms with Gasteiger partial charge < -0.3 is 5.73 Å². The van der Waals surface area contributed by atoms with Gasteiger partial charge in [0.15, 0.2) is 0 Å². The third kappa shape index (κ3) is 2.54. The standard InChI is InChI=1S/C11H9FN4O/c12-9-6-7(13)2-3-8(9)10(17)16-11-14-4-1-5-15-11/h1-6H,13H2,(H,14,15,16,17). The number of nitrogens with zero attached hydrogens (tertiary/aromatic N) is 2. The Balaban J connectivity index is 2.21. The van der Waals surface area contributed by atoms with Crippen molar-refractivity contribution in [2.24, 2.45) is 0 Å². The first kappa shape index (κ1) is 11.0. The second-order valence-electron chi connectivity index (χ2n) is 3.27. The maximum Gasteiger partial charge on any atom is 0.260 e. The Morgan fingerprint density at radius 3 is 2.65 bits per heavy atom. The molecule has 5 nitrogen and oxygen atoms in total. The lowest BCUT2D eigenvalue weighted by atomic mass is 10.2. The van der Waals surface area contributed by atoms with Crippen LogP contribution in [0.5, 0.6) is 0 Å². The lowest BCUT2D eigenvalue weighted by Crippen LogP contribution is -2.15. The van der Waals surface area contributed by atoms with Crippen LogP contribution in [-0.4, -0.2) is 15.9 Å². The minimum atomic E-state index is -0.682. The second-order valence-corrected chi connectivity index (χ2v) is 3.27. The van der Waals surface area contributed by atoms with Gasteiger partial charge in [-0.3, -0.25) is 10.1 Å². The van der Waals surface area contributed by atoms with E-state index in [4.69, 9.17) is 5.73 Å². The van der Waals surface area contributed by atoms with E-state index in [-0.39, 0.29) is 17.2 Å². The lowest BCUT2D eigenvalue weighted by molar-refractivity contribution is 0.102. The van der Waals surface area contributed by atoms with Crippen LogP contribution in [0.1, 0.15) is 10.4 Å². The summed E-state index contributed by atoms with van der Waals surface area (Å²) in [4.78, 5) is 19.3. The molecule has 0 fully saturated rings. The number of rotatable bonds is 2. The summed E-state index contributed by atoms with van der Waals surface area (Å²) in [5.74, 6) is -1.18. The van der Waals surface area contributed by atoms with E-state index >= 15 is 0 Å². The summed E-state index contributed by atoms with van der Waals surface area (Å²) >= 11 is 0. The molecule has 2 aromatic rings. The Hall–Kier alpha value is -2.50. The zero-order valence-corrected chi connectivity index (χ0v) is 8.72. The van der Waals surface area contributed by atoms with Gasteiger partial charge in [-0.2, -0.15) is 0 Å². The smallest absolute Gasteiger partial charge is 0.260 e. The molecule has 0 aliphatic carbocycles. The van der Waals surface area contributed by atoms with Crippen molar-refractivity contribution in [1.29, 1.82) is 0 Å². The molecule has 6 heteroatoms. The second kappa shape index (κ2) is 4.56. The van der Waals surface area contributed by atoms with Crippen molar-refractivity contribution in [1.82, 2.24) is 9.97 Å². The molecule has 17 heavy (non-hydrogen) atoms. The lowest BCUT2D eigenvalue weighted by Gasteiger charge is -2.04. The molecule has 2 rings (SSSR count). The third-order valence-corrected chi connectivity index (χ3v) is 2.03. The summed E-state index contributed by atoms with van der Waals surface area (Å²) in [7, 11) is 0. The SMILES string of the molecule is Nc1ccc(C(=O)Nc2ncccn2)c(F)c1. The number of halogens is 1. The predicted octanol–water partition coefficient (Wildman–Crippen LogP) is 1.45. The fourth-order valence-corrected chi connectivity index (χ4v) is 1.25. The van der Waals surface area contributed by atoms with Crippen LogP contribution in [0.15, 0.2) is 36.7 Å². The van der Waals surface area contributed by atoms with Gasteiger partial charge in [0.05, 0.1) is 5.56 Å². The van der Waals surface area contributed by atoms with Crippen LogP contribution >= 0.6 is 0 Å². The molecule has 0 saturated heterocycles. The molecule has 1 aromatic carbocycles. The Morgan fingerprint density at radius 1 is 1.29 bits per heavy atom. The maximum absolute atomic E-state index is 13.4. The molecule has 0 radical (unpaired) electrons. The van der Waals surface area contributed by atoms with Gasteiger partial charge in [0.2, 0.25) is 5.95 Å². The van der Waals surface area contributed by atoms with Crippen molar-refractivity contribution in [2.45, 2.75) is 0 Å². The Bertz CT molecular complexity index is 544. The molecular formula is C11H9FN4O. The number of hydrogen-bond donors (Lipinski definition) is 2. The van der Waals surface area contributed by atoms with Crippen molar-refractivity contribution in [2.75, 3.05) is 11.1 Å². The number of hydrogen-bond acceptors (Lipinski definition) is 4. The van der Waals surface area contributed by atoms with E-state index in [9.17, 15) is 9.18 Å². The summed E-state index contributed by atoms with van der Waals surface area (Å²) in [6.45, 7) is 0. The third-order valence-electron chi connectivity index (χ3n) is 2.03. The van der Waals surface area contributed by atoms with Crippen molar-refractivity contribution >= 4 is 17.5 Å². The molecular weight excluding hydrogens is 223 g/mol. The molecule has 1 aromatic heterocycles. The number of carbonyl (C=O) groups excluding carboxylic acids is 1. The van der Waals surface area contributed by atoms with Crippen molar-refractivity contribution in [3.8, 4) is 0 Å². The van der Waals surface area contributed by atoms with E-state index in [1.807, 2.05) is 0 Å². The highest BCUT2D eigenvalue weighted by Gasteiger charge is 2.12. The van der Waals surface area contributed by atoms with Crippen molar-refractivity contribution < 1.29 is 9.18 Å². The maximum atomic E-state index is 13.4. The largest absolute Gasteiger partial charge is 0.399 e. The molecule has 0 spiro atoms. The van der Waals surface area contributed by atoms with E-state index in [1.165, 1.54) is 24.5 Å². The van der Waals surface area contributed by atoms with Crippen LogP contribution < -0.4 is 11.1 Å². The number of nitrogens with one attached hydrogen (secondary N) is 1. The number of amides is 1. The zero-order chi connectivity index (χ0) is 12.3. The van der Waals surface area contributed by atoms with Gasteiger partial charge in [0.1, 0.15) is 5.82 Å². The normalized spacial score (nSPS) is 9.94. The van der Waals surface area contributed by atoms with E-state index in [1.54, 1.807) is 6.07 Å². The topological polar surface area (TPSA) is 80.9 Å². The molecule has 1 amide bonds. The molecule has 0 aliphatic heterocycles. The molecule has 86 valence electrons. The highest BCUT2D eigenvalue weighted by atomic mass is 19.1. The summed E-state index contributed by atoms with van der Waals surface area (Å²) in [6.07, 6.45) is 2.95. The quantitative estimate of drug-likeness (QED) is 0.768. The van der Waals surface area contributed by atoms with E-state index in [0.717, 1.165) is 6.07 Å². The molecule has 0 saturated carbocycles. The van der Waals surface area contributed by atoms with Crippen LogP contribution in [0.2, 0.25) is 0 Å². The molecule has 0 bridgehead atoms.